The summed E-state index contributed by atoms with van der Waals surface area (Å²) in [6, 6.07) is 20.5. The lowest BCUT2D eigenvalue weighted by molar-refractivity contribution is 0.587. The SMILES string of the molecule is O=c1c2cccnc2n(Cc2ccccc2Cl)c(=O)n1CCc1ccccc1. The minimum atomic E-state index is -0.382. The number of benzene rings is 2. The quantitative estimate of drug-likeness (QED) is 0.523. The molecule has 2 heterocycles. The smallest absolute Gasteiger partial charge is 0.273 e. The van der Waals surface area contributed by atoms with Gasteiger partial charge in [-0.1, -0.05) is 60.1 Å². The van der Waals surface area contributed by atoms with Gasteiger partial charge in [0.15, 0.2) is 0 Å². The molecule has 2 aromatic carbocycles. The van der Waals surface area contributed by atoms with E-state index in [9.17, 15) is 9.59 Å². The third kappa shape index (κ3) is 3.49. The van der Waals surface area contributed by atoms with E-state index < -0.39 is 0 Å². The molecule has 0 unspecified atom stereocenters. The Morgan fingerprint density at radius 3 is 2.39 bits per heavy atom. The van der Waals surface area contributed by atoms with Crippen molar-refractivity contribution in [2.45, 2.75) is 19.5 Å². The first-order valence-electron chi connectivity index (χ1n) is 9.01. The fourth-order valence-corrected chi connectivity index (χ4v) is 3.47. The van der Waals surface area contributed by atoms with Crippen LogP contribution >= 0.6 is 11.6 Å². The molecule has 0 atom stereocenters. The van der Waals surface area contributed by atoms with Gasteiger partial charge in [0.1, 0.15) is 5.65 Å². The number of fused-ring (bicyclic) bond motifs is 1. The molecule has 4 rings (SSSR count). The van der Waals surface area contributed by atoms with Crippen molar-refractivity contribution in [3.63, 3.8) is 0 Å². The van der Waals surface area contributed by atoms with Gasteiger partial charge in [-0.2, -0.15) is 0 Å². The monoisotopic (exact) mass is 391 g/mol. The van der Waals surface area contributed by atoms with Crippen LogP contribution in [0.5, 0.6) is 0 Å². The lowest BCUT2D eigenvalue weighted by atomic mass is 10.1. The van der Waals surface area contributed by atoms with Crippen LogP contribution in [0.25, 0.3) is 11.0 Å². The molecule has 2 aromatic heterocycles. The second kappa shape index (κ2) is 7.82. The summed E-state index contributed by atoms with van der Waals surface area (Å²) in [6.07, 6.45) is 2.17. The maximum atomic E-state index is 13.2. The number of aryl methyl sites for hydroxylation is 1. The van der Waals surface area contributed by atoms with Gasteiger partial charge in [-0.15, -0.1) is 0 Å². The standard InChI is InChI=1S/C22H18ClN3O2/c23-19-11-5-4-9-17(19)15-26-20-18(10-6-13-24-20)21(27)25(22(26)28)14-12-16-7-2-1-3-8-16/h1-11,13H,12,14-15H2. The van der Waals surface area contributed by atoms with E-state index in [-0.39, 0.29) is 17.8 Å². The molecule has 0 saturated heterocycles. The first-order valence-corrected chi connectivity index (χ1v) is 9.38. The summed E-state index contributed by atoms with van der Waals surface area (Å²) in [5.74, 6) is 0. The van der Waals surface area contributed by atoms with Gasteiger partial charge >= 0.3 is 5.69 Å². The van der Waals surface area contributed by atoms with Gasteiger partial charge in [0, 0.05) is 17.8 Å². The van der Waals surface area contributed by atoms with Crippen molar-refractivity contribution >= 4 is 22.6 Å². The molecule has 0 aliphatic heterocycles. The van der Waals surface area contributed by atoms with Gasteiger partial charge in [0.05, 0.1) is 11.9 Å². The Kier molecular flexibility index (Phi) is 5.08. The molecule has 0 aliphatic carbocycles. The zero-order valence-corrected chi connectivity index (χ0v) is 15.8. The summed E-state index contributed by atoms with van der Waals surface area (Å²) in [6.45, 7) is 0.548. The van der Waals surface area contributed by atoms with Gasteiger partial charge in [-0.3, -0.25) is 13.9 Å². The summed E-state index contributed by atoms with van der Waals surface area (Å²) in [5.41, 5.74) is 1.53. The van der Waals surface area contributed by atoms with Crippen molar-refractivity contribution in [2.75, 3.05) is 0 Å². The molecule has 0 N–H and O–H groups in total. The Bertz CT molecular complexity index is 1250. The third-order valence-corrected chi connectivity index (χ3v) is 5.10. The lowest BCUT2D eigenvalue weighted by Gasteiger charge is -2.14. The molecule has 28 heavy (non-hydrogen) atoms. The Morgan fingerprint density at radius 1 is 0.857 bits per heavy atom. The molecule has 0 bridgehead atoms. The van der Waals surface area contributed by atoms with Crippen molar-refractivity contribution in [1.29, 1.82) is 0 Å². The van der Waals surface area contributed by atoms with Gasteiger partial charge in [-0.25, -0.2) is 9.78 Å². The summed E-state index contributed by atoms with van der Waals surface area (Å²) >= 11 is 6.29. The van der Waals surface area contributed by atoms with Crippen molar-refractivity contribution in [3.8, 4) is 0 Å². The summed E-state index contributed by atoms with van der Waals surface area (Å²) in [7, 11) is 0. The number of aromatic nitrogens is 3. The van der Waals surface area contributed by atoms with E-state index in [1.807, 2.05) is 48.5 Å². The molecule has 0 fully saturated rings. The van der Waals surface area contributed by atoms with Crippen LogP contribution in [0.3, 0.4) is 0 Å². The Hall–Kier alpha value is -3.18. The van der Waals surface area contributed by atoms with E-state index in [1.54, 1.807) is 24.4 Å². The van der Waals surface area contributed by atoms with Crippen molar-refractivity contribution in [1.82, 2.24) is 14.1 Å². The first kappa shape index (κ1) is 18.2. The van der Waals surface area contributed by atoms with E-state index >= 15 is 0 Å². The average molecular weight is 392 g/mol. The normalized spacial score (nSPS) is 11.0. The van der Waals surface area contributed by atoms with Gasteiger partial charge in [0.25, 0.3) is 5.56 Å². The molecular formula is C22H18ClN3O2. The van der Waals surface area contributed by atoms with E-state index in [4.69, 9.17) is 11.6 Å². The molecule has 140 valence electrons. The maximum Gasteiger partial charge on any atom is 0.332 e. The molecule has 5 nitrogen and oxygen atoms in total. The van der Waals surface area contributed by atoms with Crippen LogP contribution in [0.2, 0.25) is 5.02 Å². The topological polar surface area (TPSA) is 56.9 Å². The molecule has 0 radical (unpaired) electrons. The molecule has 4 aromatic rings. The molecule has 0 spiro atoms. The van der Waals surface area contributed by atoms with Crippen LogP contribution in [0.15, 0.2) is 82.5 Å². The van der Waals surface area contributed by atoms with Crippen LogP contribution in [0.1, 0.15) is 11.1 Å². The fourth-order valence-electron chi connectivity index (χ4n) is 3.27. The number of nitrogens with zero attached hydrogens (tertiary/aromatic N) is 3. The second-order valence-corrected chi connectivity index (χ2v) is 6.93. The van der Waals surface area contributed by atoms with Crippen molar-refractivity contribution < 1.29 is 0 Å². The first-order chi connectivity index (χ1) is 13.6. The Labute approximate surface area is 166 Å². The second-order valence-electron chi connectivity index (χ2n) is 6.53. The lowest BCUT2D eigenvalue weighted by Crippen LogP contribution is -2.41. The highest BCUT2D eigenvalue weighted by Gasteiger charge is 2.15. The fraction of sp³-hybridized carbons (Fsp3) is 0.136. The highest BCUT2D eigenvalue weighted by Crippen LogP contribution is 2.17. The highest BCUT2D eigenvalue weighted by molar-refractivity contribution is 6.31. The van der Waals surface area contributed by atoms with Crippen LogP contribution in [-0.4, -0.2) is 14.1 Å². The zero-order valence-electron chi connectivity index (χ0n) is 15.1. The Balaban J connectivity index is 1.83. The van der Waals surface area contributed by atoms with E-state index in [2.05, 4.69) is 4.98 Å². The minimum absolute atomic E-state index is 0.248. The van der Waals surface area contributed by atoms with E-state index in [0.29, 0.717) is 29.0 Å². The van der Waals surface area contributed by atoms with Crippen molar-refractivity contribution in [3.05, 3.63) is 110 Å². The number of hydrogen-bond donors (Lipinski definition) is 0. The largest absolute Gasteiger partial charge is 0.332 e. The van der Waals surface area contributed by atoms with Gasteiger partial charge in [-0.05, 0) is 35.7 Å². The summed E-state index contributed by atoms with van der Waals surface area (Å²) in [4.78, 5) is 30.4. The van der Waals surface area contributed by atoms with Crippen LogP contribution in [0, 0.1) is 0 Å². The molecule has 0 amide bonds. The number of halogens is 1. The molecular weight excluding hydrogens is 374 g/mol. The highest BCUT2D eigenvalue weighted by atomic mass is 35.5. The minimum Gasteiger partial charge on any atom is -0.273 e. The predicted octanol–water partition coefficient (Wildman–Crippen LogP) is 3.50. The van der Waals surface area contributed by atoms with Gasteiger partial charge in [0.2, 0.25) is 0 Å². The average Bonchev–Trinajstić information content (AvgIpc) is 2.73. The third-order valence-electron chi connectivity index (χ3n) is 4.73. The van der Waals surface area contributed by atoms with Crippen LogP contribution in [0.4, 0.5) is 0 Å². The zero-order chi connectivity index (χ0) is 19.5. The number of hydrogen-bond acceptors (Lipinski definition) is 3. The summed E-state index contributed by atoms with van der Waals surface area (Å²) < 4.78 is 2.80. The maximum absolute atomic E-state index is 13.2. The van der Waals surface area contributed by atoms with E-state index in [0.717, 1.165) is 11.1 Å². The van der Waals surface area contributed by atoms with Crippen molar-refractivity contribution in [2.24, 2.45) is 0 Å². The Morgan fingerprint density at radius 2 is 1.61 bits per heavy atom. The number of pyridine rings is 1. The number of rotatable bonds is 5. The van der Waals surface area contributed by atoms with Crippen LogP contribution < -0.4 is 11.2 Å². The van der Waals surface area contributed by atoms with Gasteiger partial charge < -0.3 is 0 Å². The predicted molar refractivity (Wildman–Crippen MR) is 111 cm³/mol. The van der Waals surface area contributed by atoms with E-state index in [1.165, 1.54) is 9.13 Å². The molecule has 6 heteroatoms. The molecule has 0 aliphatic rings. The summed E-state index contributed by atoms with van der Waals surface area (Å²) in [5, 5.41) is 0.989. The molecule has 0 saturated carbocycles. The van der Waals surface area contributed by atoms with Crippen LogP contribution in [-0.2, 0) is 19.5 Å².